The number of rotatable bonds is 5. The number of halogens is 1. The molecule has 0 saturated carbocycles. The summed E-state index contributed by atoms with van der Waals surface area (Å²) in [7, 11) is 0. The summed E-state index contributed by atoms with van der Waals surface area (Å²) in [6, 6.07) is 12.3. The van der Waals surface area contributed by atoms with Crippen molar-refractivity contribution in [1.29, 1.82) is 0 Å². The number of aromatic hydroxyl groups is 1. The van der Waals surface area contributed by atoms with Crippen LogP contribution in [0.15, 0.2) is 65.4 Å². The molecule has 4 aromatic rings. The number of phenols is 1. The Balaban J connectivity index is 1.77. The summed E-state index contributed by atoms with van der Waals surface area (Å²) in [4.78, 5) is 28.0. The number of pyridine rings is 1. The second-order valence-corrected chi connectivity index (χ2v) is 6.45. The molecule has 0 unspecified atom stereocenters. The smallest absolute Gasteiger partial charge is 0.291 e. The fourth-order valence-corrected chi connectivity index (χ4v) is 3.06. The fraction of sp³-hybridized carbons (Fsp3) is 0.0455. The lowest BCUT2D eigenvalue weighted by atomic mass is 10.0. The van der Waals surface area contributed by atoms with Gasteiger partial charge < -0.3 is 14.8 Å². The van der Waals surface area contributed by atoms with Crippen molar-refractivity contribution in [3.8, 4) is 5.75 Å². The standard InChI is InChI=1S/C22H15FN2O4/c23-16-5-3-13(4-6-16)8-14-9-17-18(25-22(28)19-2-1-7-29-19)10-15(12-26)21(27)20(17)24-11-14/h1-7,9-12,27H,8H2,(H,25,28). The maximum Gasteiger partial charge on any atom is 0.291 e. The van der Waals surface area contributed by atoms with Gasteiger partial charge in [-0.3, -0.25) is 14.6 Å². The molecule has 0 bridgehead atoms. The molecule has 0 aliphatic heterocycles. The summed E-state index contributed by atoms with van der Waals surface area (Å²) in [5, 5.41) is 13.5. The third kappa shape index (κ3) is 3.70. The number of nitrogens with one attached hydrogen (secondary N) is 1. The second-order valence-electron chi connectivity index (χ2n) is 6.45. The van der Waals surface area contributed by atoms with E-state index in [9.17, 15) is 19.1 Å². The highest BCUT2D eigenvalue weighted by molar-refractivity contribution is 6.10. The number of aldehydes is 1. The highest BCUT2D eigenvalue weighted by Gasteiger charge is 2.17. The van der Waals surface area contributed by atoms with Crippen LogP contribution in [0.2, 0.25) is 0 Å². The van der Waals surface area contributed by atoms with Gasteiger partial charge in [-0.25, -0.2) is 4.39 Å². The molecule has 0 spiro atoms. The van der Waals surface area contributed by atoms with E-state index in [1.54, 1.807) is 30.5 Å². The highest BCUT2D eigenvalue weighted by Crippen LogP contribution is 2.33. The summed E-state index contributed by atoms with van der Waals surface area (Å²) in [6.07, 6.45) is 3.91. The third-order valence-electron chi connectivity index (χ3n) is 4.47. The van der Waals surface area contributed by atoms with Crippen molar-refractivity contribution in [2.24, 2.45) is 0 Å². The van der Waals surface area contributed by atoms with Crippen molar-refractivity contribution in [2.45, 2.75) is 6.42 Å². The Morgan fingerprint density at radius 3 is 2.66 bits per heavy atom. The average Bonchev–Trinajstić information content (AvgIpc) is 3.27. The SMILES string of the molecule is O=Cc1cc(NC(=O)c2ccco2)c2cc(Cc3ccc(F)cc3)cnc2c1O. The molecule has 29 heavy (non-hydrogen) atoms. The van der Waals surface area contributed by atoms with Gasteiger partial charge in [0, 0.05) is 11.6 Å². The third-order valence-corrected chi connectivity index (χ3v) is 4.47. The Hall–Kier alpha value is -4.00. The molecule has 2 N–H and O–H groups in total. The molecule has 0 aliphatic rings. The molecule has 6 nitrogen and oxygen atoms in total. The molecule has 7 heteroatoms. The topological polar surface area (TPSA) is 92.4 Å². The quantitative estimate of drug-likeness (QED) is 0.391. The molecule has 0 aliphatic carbocycles. The first-order valence-corrected chi connectivity index (χ1v) is 8.74. The zero-order chi connectivity index (χ0) is 20.4. The molecular formula is C22H15FN2O4. The number of anilines is 1. The Bertz CT molecular complexity index is 1200. The number of phenolic OH excluding ortho intramolecular Hbond substituents is 1. The van der Waals surface area contributed by atoms with Crippen molar-refractivity contribution in [2.75, 3.05) is 5.32 Å². The van der Waals surface area contributed by atoms with Gasteiger partial charge in [-0.1, -0.05) is 12.1 Å². The van der Waals surface area contributed by atoms with Crippen LogP contribution in [0.3, 0.4) is 0 Å². The summed E-state index contributed by atoms with van der Waals surface area (Å²) in [5.41, 5.74) is 2.17. The monoisotopic (exact) mass is 390 g/mol. The lowest BCUT2D eigenvalue weighted by Gasteiger charge is -2.12. The number of amides is 1. The van der Waals surface area contributed by atoms with Gasteiger partial charge in [0.15, 0.2) is 17.8 Å². The second kappa shape index (κ2) is 7.55. The molecule has 2 aromatic heterocycles. The number of fused-ring (bicyclic) bond motifs is 1. The van der Waals surface area contributed by atoms with Gasteiger partial charge in [-0.05, 0) is 53.9 Å². The van der Waals surface area contributed by atoms with Crippen LogP contribution in [0.4, 0.5) is 10.1 Å². The predicted molar refractivity (Wildman–Crippen MR) is 105 cm³/mol. The number of hydrogen-bond donors (Lipinski definition) is 2. The van der Waals surface area contributed by atoms with Crippen LogP contribution in [-0.2, 0) is 6.42 Å². The summed E-state index contributed by atoms with van der Waals surface area (Å²) in [5.74, 6) is -0.976. The molecule has 0 fully saturated rings. The molecule has 4 rings (SSSR count). The number of carbonyl (C=O) groups is 2. The van der Waals surface area contributed by atoms with E-state index in [2.05, 4.69) is 10.3 Å². The van der Waals surface area contributed by atoms with Crippen LogP contribution < -0.4 is 5.32 Å². The van der Waals surface area contributed by atoms with Crippen molar-refractivity contribution in [1.82, 2.24) is 4.98 Å². The largest absolute Gasteiger partial charge is 0.505 e. The first-order chi connectivity index (χ1) is 14.0. The van der Waals surface area contributed by atoms with E-state index in [4.69, 9.17) is 4.42 Å². The number of nitrogens with zero attached hydrogens (tertiary/aromatic N) is 1. The molecule has 0 radical (unpaired) electrons. The average molecular weight is 390 g/mol. The number of furan rings is 1. The van der Waals surface area contributed by atoms with Crippen LogP contribution >= 0.6 is 0 Å². The molecule has 2 aromatic carbocycles. The Kier molecular flexibility index (Phi) is 4.78. The number of carbonyl (C=O) groups excluding carboxylic acids is 2. The van der Waals surface area contributed by atoms with Crippen molar-refractivity contribution in [3.63, 3.8) is 0 Å². The maximum atomic E-state index is 13.1. The number of aromatic nitrogens is 1. The van der Waals surface area contributed by atoms with E-state index in [1.807, 2.05) is 0 Å². The first kappa shape index (κ1) is 18.4. The minimum atomic E-state index is -0.497. The lowest BCUT2D eigenvalue weighted by Crippen LogP contribution is -2.11. The van der Waals surface area contributed by atoms with E-state index >= 15 is 0 Å². The van der Waals surface area contributed by atoms with Gasteiger partial charge in [-0.15, -0.1) is 0 Å². The number of hydrogen-bond acceptors (Lipinski definition) is 5. The van der Waals surface area contributed by atoms with Gasteiger partial charge in [0.05, 0.1) is 17.5 Å². The zero-order valence-electron chi connectivity index (χ0n) is 15.1. The predicted octanol–water partition coefficient (Wildman–Crippen LogP) is 4.33. The molecule has 1 amide bonds. The Morgan fingerprint density at radius 1 is 1.17 bits per heavy atom. The van der Waals surface area contributed by atoms with E-state index in [1.165, 1.54) is 30.5 Å². The fourth-order valence-electron chi connectivity index (χ4n) is 3.06. The van der Waals surface area contributed by atoms with E-state index in [-0.39, 0.29) is 28.4 Å². The van der Waals surface area contributed by atoms with Gasteiger partial charge in [0.2, 0.25) is 0 Å². The summed E-state index contributed by atoms with van der Waals surface area (Å²) >= 11 is 0. The lowest BCUT2D eigenvalue weighted by molar-refractivity contribution is 0.0996. The van der Waals surface area contributed by atoms with Crippen molar-refractivity contribution < 1.29 is 23.5 Å². The molecule has 144 valence electrons. The van der Waals surface area contributed by atoms with Crippen LogP contribution in [0.1, 0.15) is 32.0 Å². The minimum Gasteiger partial charge on any atom is -0.505 e. The van der Waals surface area contributed by atoms with Gasteiger partial charge >= 0.3 is 0 Å². The molecule has 2 heterocycles. The minimum absolute atomic E-state index is 0.00558. The highest BCUT2D eigenvalue weighted by atomic mass is 19.1. The number of benzene rings is 2. The Morgan fingerprint density at radius 2 is 1.97 bits per heavy atom. The molecular weight excluding hydrogens is 375 g/mol. The van der Waals surface area contributed by atoms with E-state index in [0.717, 1.165) is 11.1 Å². The van der Waals surface area contributed by atoms with Gasteiger partial charge in [0.25, 0.3) is 5.91 Å². The Labute approximate surface area is 164 Å². The molecule has 0 atom stereocenters. The molecule has 0 saturated heterocycles. The van der Waals surface area contributed by atoms with E-state index < -0.39 is 5.91 Å². The van der Waals surface area contributed by atoms with Crippen LogP contribution in [-0.4, -0.2) is 22.3 Å². The van der Waals surface area contributed by atoms with Crippen LogP contribution in [0.25, 0.3) is 10.9 Å². The zero-order valence-corrected chi connectivity index (χ0v) is 15.1. The normalized spacial score (nSPS) is 10.8. The van der Waals surface area contributed by atoms with Crippen LogP contribution in [0.5, 0.6) is 5.75 Å². The first-order valence-electron chi connectivity index (χ1n) is 8.74. The van der Waals surface area contributed by atoms with Crippen molar-refractivity contribution >= 4 is 28.8 Å². The summed E-state index contributed by atoms with van der Waals surface area (Å²) in [6.45, 7) is 0. The van der Waals surface area contributed by atoms with Crippen LogP contribution in [0, 0.1) is 5.82 Å². The van der Waals surface area contributed by atoms with E-state index in [0.29, 0.717) is 23.8 Å². The van der Waals surface area contributed by atoms with Gasteiger partial charge in [-0.2, -0.15) is 0 Å². The summed E-state index contributed by atoms with van der Waals surface area (Å²) < 4.78 is 18.2. The van der Waals surface area contributed by atoms with Gasteiger partial charge in [0.1, 0.15) is 11.3 Å². The maximum absolute atomic E-state index is 13.1. The van der Waals surface area contributed by atoms with Crippen molar-refractivity contribution in [3.05, 3.63) is 89.3 Å².